The van der Waals surface area contributed by atoms with Gasteiger partial charge in [-0.05, 0) is 38.0 Å². The normalized spacial score (nSPS) is 15.8. The van der Waals surface area contributed by atoms with Gasteiger partial charge in [-0.25, -0.2) is 9.97 Å². The quantitative estimate of drug-likeness (QED) is 0.568. The van der Waals surface area contributed by atoms with Crippen molar-refractivity contribution in [2.24, 2.45) is 0 Å². The average Bonchev–Trinajstić information content (AvgIpc) is 2.67. The van der Waals surface area contributed by atoms with Gasteiger partial charge in [0.1, 0.15) is 23.4 Å². The Bertz CT molecular complexity index is 845. The molecule has 0 saturated carbocycles. The molecule has 0 N–H and O–H groups in total. The van der Waals surface area contributed by atoms with E-state index in [-0.39, 0.29) is 17.5 Å². The zero-order chi connectivity index (χ0) is 20.1. The van der Waals surface area contributed by atoms with Crippen molar-refractivity contribution in [3.63, 3.8) is 0 Å². The number of pyridine rings is 1. The van der Waals surface area contributed by atoms with Gasteiger partial charge in [-0.3, -0.25) is 9.78 Å². The molecule has 1 aliphatic rings. The highest BCUT2D eigenvalue weighted by Crippen LogP contribution is 2.34. The molecule has 0 aliphatic carbocycles. The summed E-state index contributed by atoms with van der Waals surface area (Å²) in [5, 5.41) is 0. The summed E-state index contributed by atoms with van der Waals surface area (Å²) in [7, 11) is 0. The highest BCUT2D eigenvalue weighted by molar-refractivity contribution is 5.64. The van der Waals surface area contributed by atoms with E-state index in [2.05, 4.69) is 15.0 Å². The molecule has 0 bridgehead atoms. The minimum atomic E-state index is -4.50. The monoisotopic (exact) mass is 392 g/mol. The van der Waals surface area contributed by atoms with E-state index < -0.39 is 11.9 Å². The molecular weight excluding hydrogens is 373 g/mol. The maximum atomic E-state index is 12.7. The van der Waals surface area contributed by atoms with Crippen LogP contribution in [-0.2, 0) is 11.0 Å². The first kappa shape index (κ1) is 19.8. The maximum absolute atomic E-state index is 12.7. The van der Waals surface area contributed by atoms with Crippen molar-refractivity contribution in [1.82, 2.24) is 19.9 Å². The van der Waals surface area contributed by atoms with Gasteiger partial charge >= 0.3 is 6.18 Å². The van der Waals surface area contributed by atoms with E-state index in [1.807, 2.05) is 4.90 Å². The van der Waals surface area contributed by atoms with Crippen molar-refractivity contribution >= 4 is 6.29 Å². The molecule has 0 atom stereocenters. The van der Waals surface area contributed by atoms with Gasteiger partial charge in [-0.1, -0.05) is 0 Å². The number of carbonyl (C=O) groups is 1. The number of ether oxygens (including phenoxy) is 1. The Morgan fingerprint density at radius 3 is 2.54 bits per heavy atom. The number of rotatable bonds is 5. The van der Waals surface area contributed by atoms with Crippen molar-refractivity contribution in [2.75, 3.05) is 13.1 Å². The lowest BCUT2D eigenvalue weighted by Gasteiger charge is -2.31. The minimum Gasteiger partial charge on any atom is -0.436 e. The van der Waals surface area contributed by atoms with Gasteiger partial charge in [0.25, 0.3) is 0 Å². The highest BCUT2D eigenvalue weighted by atomic mass is 19.4. The van der Waals surface area contributed by atoms with Crippen LogP contribution < -0.4 is 4.74 Å². The van der Waals surface area contributed by atoms with Crippen LogP contribution in [0.15, 0.2) is 36.8 Å². The van der Waals surface area contributed by atoms with Crippen LogP contribution >= 0.6 is 0 Å². The third-order valence-electron chi connectivity index (χ3n) is 4.42. The third kappa shape index (κ3) is 4.85. The van der Waals surface area contributed by atoms with Crippen LogP contribution in [0.4, 0.5) is 13.2 Å². The molecule has 3 rings (SSSR count). The Morgan fingerprint density at radius 2 is 1.93 bits per heavy atom. The predicted molar refractivity (Wildman–Crippen MR) is 94.8 cm³/mol. The Morgan fingerprint density at radius 1 is 1.18 bits per heavy atom. The molecular formula is C19H19F3N4O2. The number of aryl methyl sites for hydroxylation is 1. The minimum absolute atomic E-state index is 0.103. The van der Waals surface area contributed by atoms with Gasteiger partial charge in [-0.2, -0.15) is 13.2 Å². The number of hydrogen-bond acceptors (Lipinski definition) is 6. The second-order valence-corrected chi connectivity index (χ2v) is 6.47. The van der Waals surface area contributed by atoms with Crippen molar-refractivity contribution < 1.29 is 22.7 Å². The number of likely N-dealkylation sites (tertiary alicyclic amines) is 1. The summed E-state index contributed by atoms with van der Waals surface area (Å²) in [5.74, 6) is 0.551. The second kappa shape index (κ2) is 8.37. The van der Waals surface area contributed by atoms with Crippen LogP contribution in [0.25, 0.3) is 0 Å². The van der Waals surface area contributed by atoms with Crippen molar-refractivity contribution in [3.05, 3.63) is 53.9 Å². The summed E-state index contributed by atoms with van der Waals surface area (Å²) in [6, 6.07) is 2.09. The molecule has 1 saturated heterocycles. The van der Waals surface area contributed by atoms with E-state index >= 15 is 0 Å². The van der Waals surface area contributed by atoms with Crippen LogP contribution in [0.2, 0.25) is 0 Å². The molecule has 2 aromatic heterocycles. The molecule has 0 radical (unpaired) electrons. The number of nitrogens with zero attached hydrogens (tertiary/aromatic N) is 4. The number of halogens is 3. The number of alkyl halides is 3. The van der Waals surface area contributed by atoms with Crippen LogP contribution in [0.1, 0.15) is 35.8 Å². The summed E-state index contributed by atoms with van der Waals surface area (Å²) in [5.41, 5.74) is 0.334. The Kier molecular flexibility index (Phi) is 5.91. The van der Waals surface area contributed by atoms with Gasteiger partial charge in [-0.15, -0.1) is 0 Å². The maximum Gasteiger partial charge on any atom is 0.433 e. The smallest absolute Gasteiger partial charge is 0.433 e. The first-order valence-electron chi connectivity index (χ1n) is 8.77. The lowest BCUT2D eigenvalue weighted by molar-refractivity contribution is -0.141. The predicted octanol–water partition coefficient (Wildman–Crippen LogP) is 3.88. The van der Waals surface area contributed by atoms with Gasteiger partial charge in [0, 0.05) is 31.4 Å². The van der Waals surface area contributed by atoms with Crippen molar-refractivity contribution in [2.45, 2.75) is 31.9 Å². The molecule has 6 nitrogen and oxygen atoms in total. The Labute approximate surface area is 160 Å². The van der Waals surface area contributed by atoms with E-state index in [0.29, 0.717) is 11.4 Å². The third-order valence-corrected chi connectivity index (χ3v) is 4.42. The van der Waals surface area contributed by atoms with E-state index in [1.54, 1.807) is 19.3 Å². The van der Waals surface area contributed by atoms with Crippen LogP contribution in [-0.4, -0.2) is 39.2 Å². The lowest BCUT2D eigenvalue weighted by atomic mass is 9.93. The van der Waals surface area contributed by atoms with Crippen LogP contribution in [0, 0.1) is 6.92 Å². The van der Waals surface area contributed by atoms with Gasteiger partial charge in [0.15, 0.2) is 0 Å². The summed E-state index contributed by atoms with van der Waals surface area (Å²) in [6.07, 6.45) is 3.72. The van der Waals surface area contributed by atoms with Gasteiger partial charge < -0.3 is 9.64 Å². The molecule has 3 heterocycles. The fourth-order valence-corrected chi connectivity index (χ4v) is 3.02. The molecule has 1 fully saturated rings. The number of carbonyl (C=O) groups excluding carboxylic acids is 1. The summed E-state index contributed by atoms with van der Waals surface area (Å²) in [4.78, 5) is 24.7. The van der Waals surface area contributed by atoms with Gasteiger partial charge in [0.2, 0.25) is 5.88 Å². The lowest BCUT2D eigenvalue weighted by Crippen LogP contribution is -2.29. The summed E-state index contributed by atoms with van der Waals surface area (Å²) >= 11 is 0. The fourth-order valence-electron chi connectivity index (χ4n) is 3.02. The summed E-state index contributed by atoms with van der Waals surface area (Å²) in [6.45, 7) is 3.28. The Hall–Kier alpha value is -2.97. The zero-order valence-corrected chi connectivity index (χ0v) is 15.2. The summed E-state index contributed by atoms with van der Waals surface area (Å²) < 4.78 is 43.7. The topological polar surface area (TPSA) is 68.2 Å². The van der Waals surface area contributed by atoms with E-state index in [9.17, 15) is 18.0 Å². The van der Waals surface area contributed by atoms with Crippen LogP contribution in [0.3, 0.4) is 0 Å². The largest absolute Gasteiger partial charge is 0.436 e. The standard InChI is InChI=1S/C19H19F3N4O2/c1-13-11-24-17(14-5-8-26(9-6-14)7-2-10-27)18(25-13)28-15-3-4-16(23-12-15)19(20,21)22/h2-4,7,10-12,14H,5-6,8-9H2,1H3. The first-order chi connectivity index (χ1) is 13.4. The first-order valence-corrected chi connectivity index (χ1v) is 8.77. The molecule has 9 heteroatoms. The molecule has 28 heavy (non-hydrogen) atoms. The van der Waals surface area contributed by atoms with Gasteiger partial charge in [0.05, 0.1) is 11.9 Å². The molecule has 0 unspecified atom stereocenters. The average molecular weight is 392 g/mol. The number of piperidine rings is 1. The number of aromatic nitrogens is 3. The molecule has 1 aliphatic heterocycles. The molecule has 0 amide bonds. The Balaban J connectivity index is 1.76. The molecule has 148 valence electrons. The second-order valence-electron chi connectivity index (χ2n) is 6.47. The fraction of sp³-hybridized carbons (Fsp3) is 0.368. The molecule has 2 aromatic rings. The van der Waals surface area contributed by atoms with Crippen molar-refractivity contribution in [3.8, 4) is 11.6 Å². The number of allylic oxidation sites excluding steroid dienone is 1. The SMILES string of the molecule is Cc1cnc(C2CCN(C=CC=O)CC2)c(Oc2ccc(C(F)(F)F)nc2)n1. The number of aldehydes is 1. The zero-order valence-electron chi connectivity index (χ0n) is 15.2. The van der Waals surface area contributed by atoms with Crippen LogP contribution in [0.5, 0.6) is 11.6 Å². The van der Waals surface area contributed by atoms with E-state index in [0.717, 1.165) is 44.5 Å². The van der Waals surface area contributed by atoms with E-state index in [4.69, 9.17) is 4.74 Å². The highest BCUT2D eigenvalue weighted by Gasteiger charge is 2.32. The van der Waals surface area contributed by atoms with E-state index in [1.165, 1.54) is 12.1 Å². The number of hydrogen-bond donors (Lipinski definition) is 0. The molecule has 0 aromatic carbocycles. The molecule has 0 spiro atoms. The van der Waals surface area contributed by atoms with Crippen molar-refractivity contribution in [1.29, 1.82) is 0 Å².